The number of likely N-dealkylation sites (tertiary alicyclic amines) is 1. The van der Waals surface area contributed by atoms with Gasteiger partial charge in [-0.15, -0.1) is 0 Å². The molecule has 1 N–H and O–H groups in total. The molecule has 0 bridgehead atoms. The number of carbonyl (C=O) groups is 2. The zero-order valence-electron chi connectivity index (χ0n) is 10.3. The highest BCUT2D eigenvalue weighted by Crippen LogP contribution is 2.39. The molecule has 1 rings (SSSR count). The summed E-state index contributed by atoms with van der Waals surface area (Å²) in [6.07, 6.45) is 1.63. The third kappa shape index (κ3) is 2.12. The van der Waals surface area contributed by atoms with Gasteiger partial charge in [0.1, 0.15) is 0 Å². The lowest BCUT2D eigenvalue weighted by atomic mass is 9.81. The van der Waals surface area contributed by atoms with Crippen molar-refractivity contribution in [2.75, 3.05) is 6.54 Å². The zero-order chi connectivity index (χ0) is 12.3. The highest BCUT2D eigenvalue weighted by Gasteiger charge is 2.49. The van der Waals surface area contributed by atoms with Gasteiger partial charge in [0.2, 0.25) is 11.8 Å². The lowest BCUT2D eigenvalue weighted by Crippen LogP contribution is -2.39. The normalized spacial score (nSPS) is 21.6. The molecule has 0 spiro atoms. The fraction of sp³-hybridized carbons (Fsp3) is 0.833. The molecule has 1 fully saturated rings. The fourth-order valence-corrected chi connectivity index (χ4v) is 2.19. The number of carbonyl (C=O) groups excluding carboxylic acids is 2. The highest BCUT2D eigenvalue weighted by atomic mass is 16.3. The van der Waals surface area contributed by atoms with E-state index in [1.165, 1.54) is 4.90 Å². The third-order valence-corrected chi connectivity index (χ3v) is 3.71. The van der Waals surface area contributed by atoms with E-state index in [1.54, 1.807) is 0 Å². The molecule has 0 radical (unpaired) electrons. The summed E-state index contributed by atoms with van der Waals surface area (Å²) in [6, 6.07) is 0. The van der Waals surface area contributed by atoms with Crippen LogP contribution in [0, 0.1) is 5.41 Å². The predicted molar refractivity (Wildman–Crippen MR) is 60.6 cm³/mol. The quantitative estimate of drug-likeness (QED) is 0.721. The first-order valence-electron chi connectivity index (χ1n) is 6.03. The van der Waals surface area contributed by atoms with E-state index in [0.717, 1.165) is 0 Å². The summed E-state index contributed by atoms with van der Waals surface area (Å²) in [5.74, 6) is -0.240. The van der Waals surface area contributed by atoms with Crippen molar-refractivity contribution in [2.45, 2.75) is 52.6 Å². The van der Waals surface area contributed by atoms with Gasteiger partial charge in [0.05, 0.1) is 18.1 Å². The molecule has 2 amide bonds. The van der Waals surface area contributed by atoms with Crippen LogP contribution in [0.5, 0.6) is 0 Å². The number of aliphatic hydroxyl groups excluding tert-OH is 1. The lowest BCUT2D eigenvalue weighted by molar-refractivity contribution is -0.143. The van der Waals surface area contributed by atoms with Crippen LogP contribution in [0.4, 0.5) is 0 Å². The third-order valence-electron chi connectivity index (χ3n) is 3.71. The van der Waals surface area contributed by atoms with Crippen LogP contribution in [0.15, 0.2) is 0 Å². The average Bonchev–Trinajstić information content (AvgIpc) is 2.53. The largest absolute Gasteiger partial charge is 0.391 e. The van der Waals surface area contributed by atoms with Crippen molar-refractivity contribution in [1.29, 1.82) is 0 Å². The van der Waals surface area contributed by atoms with Crippen molar-refractivity contribution < 1.29 is 14.7 Å². The van der Waals surface area contributed by atoms with Gasteiger partial charge in [0, 0.05) is 6.42 Å². The topological polar surface area (TPSA) is 57.6 Å². The van der Waals surface area contributed by atoms with E-state index in [4.69, 9.17) is 0 Å². The van der Waals surface area contributed by atoms with Crippen LogP contribution in [-0.2, 0) is 9.59 Å². The van der Waals surface area contributed by atoms with Gasteiger partial charge in [-0.3, -0.25) is 14.5 Å². The van der Waals surface area contributed by atoms with Crippen LogP contribution in [0.25, 0.3) is 0 Å². The van der Waals surface area contributed by atoms with Crippen molar-refractivity contribution >= 4 is 11.8 Å². The molecule has 0 aromatic heterocycles. The van der Waals surface area contributed by atoms with Crippen LogP contribution >= 0.6 is 0 Å². The summed E-state index contributed by atoms with van der Waals surface area (Å²) in [6.45, 7) is 5.86. The van der Waals surface area contributed by atoms with Crippen molar-refractivity contribution in [3.8, 4) is 0 Å². The molecule has 0 aromatic rings. The van der Waals surface area contributed by atoms with Gasteiger partial charge in [-0.25, -0.2) is 0 Å². The number of hydrogen-bond acceptors (Lipinski definition) is 3. The second kappa shape index (κ2) is 4.95. The van der Waals surface area contributed by atoms with E-state index in [2.05, 4.69) is 0 Å². The smallest absolute Gasteiger partial charge is 0.235 e. The first kappa shape index (κ1) is 13.2. The molecule has 4 nitrogen and oxygen atoms in total. The molecular formula is C12H21NO3. The van der Waals surface area contributed by atoms with Crippen molar-refractivity contribution in [2.24, 2.45) is 5.41 Å². The standard InChI is InChI=1S/C12H21NO3/c1-4-9(14)8-13-10(15)7-12(5-2,6-3)11(13)16/h9,14H,4-8H2,1-3H3/t9-/m0/s1. The van der Waals surface area contributed by atoms with E-state index in [-0.39, 0.29) is 18.4 Å². The minimum atomic E-state index is -0.600. The zero-order valence-corrected chi connectivity index (χ0v) is 10.3. The minimum absolute atomic E-state index is 0.102. The van der Waals surface area contributed by atoms with Gasteiger partial charge in [-0.2, -0.15) is 0 Å². The molecule has 0 saturated carbocycles. The number of hydrogen-bond donors (Lipinski definition) is 1. The lowest BCUT2D eigenvalue weighted by Gasteiger charge is -2.24. The van der Waals surface area contributed by atoms with Crippen LogP contribution < -0.4 is 0 Å². The maximum atomic E-state index is 12.1. The average molecular weight is 227 g/mol. The summed E-state index contributed by atoms with van der Waals surface area (Å²) in [4.78, 5) is 25.1. The second-order valence-electron chi connectivity index (χ2n) is 4.54. The number of amides is 2. The molecule has 0 unspecified atom stereocenters. The summed E-state index contributed by atoms with van der Waals surface area (Å²) in [7, 11) is 0. The van der Waals surface area contributed by atoms with Gasteiger partial charge in [0.15, 0.2) is 0 Å². The maximum absolute atomic E-state index is 12.1. The van der Waals surface area contributed by atoms with Crippen molar-refractivity contribution in [3.63, 3.8) is 0 Å². The maximum Gasteiger partial charge on any atom is 0.235 e. The first-order chi connectivity index (χ1) is 7.50. The number of β-amino-alcohol motifs (C(OH)–C–C–N with tert-alkyl or cyclic N) is 1. The van der Waals surface area contributed by atoms with Crippen molar-refractivity contribution in [1.82, 2.24) is 4.90 Å². The molecular weight excluding hydrogens is 206 g/mol. The van der Waals surface area contributed by atoms with E-state index < -0.39 is 11.5 Å². The van der Waals surface area contributed by atoms with E-state index in [0.29, 0.717) is 25.7 Å². The summed E-state index contributed by atoms with van der Waals surface area (Å²) in [5, 5.41) is 9.52. The Balaban J connectivity index is 2.82. The molecule has 16 heavy (non-hydrogen) atoms. The van der Waals surface area contributed by atoms with E-state index in [1.807, 2.05) is 20.8 Å². The molecule has 1 aliphatic heterocycles. The molecule has 1 atom stereocenters. The van der Waals surface area contributed by atoms with Gasteiger partial charge in [0.25, 0.3) is 0 Å². The molecule has 1 saturated heterocycles. The monoisotopic (exact) mass is 227 g/mol. The molecule has 0 aromatic carbocycles. The molecule has 4 heteroatoms. The Bertz CT molecular complexity index is 284. The Morgan fingerprint density at radius 2 is 1.88 bits per heavy atom. The minimum Gasteiger partial charge on any atom is -0.391 e. The Morgan fingerprint density at radius 3 is 2.25 bits per heavy atom. The Morgan fingerprint density at radius 1 is 1.31 bits per heavy atom. The van der Waals surface area contributed by atoms with Crippen molar-refractivity contribution in [3.05, 3.63) is 0 Å². The van der Waals surface area contributed by atoms with Gasteiger partial charge in [-0.05, 0) is 19.3 Å². The molecule has 1 aliphatic rings. The summed E-state index contributed by atoms with van der Waals surface area (Å²) >= 11 is 0. The van der Waals surface area contributed by atoms with E-state index in [9.17, 15) is 14.7 Å². The fourth-order valence-electron chi connectivity index (χ4n) is 2.19. The molecule has 0 aliphatic carbocycles. The van der Waals surface area contributed by atoms with Crippen LogP contribution in [0.2, 0.25) is 0 Å². The highest BCUT2D eigenvalue weighted by molar-refractivity contribution is 6.05. The summed E-state index contributed by atoms with van der Waals surface area (Å²) < 4.78 is 0. The van der Waals surface area contributed by atoms with Crippen LogP contribution in [-0.4, -0.2) is 34.5 Å². The van der Waals surface area contributed by atoms with Gasteiger partial charge in [-0.1, -0.05) is 20.8 Å². The predicted octanol–water partition coefficient (Wildman–Crippen LogP) is 1.32. The Labute approximate surface area is 96.6 Å². The number of aliphatic hydroxyl groups is 1. The SMILES string of the molecule is CC[C@H](O)CN1C(=O)CC(CC)(CC)C1=O. The number of rotatable bonds is 5. The summed E-state index contributed by atoms with van der Waals surface area (Å²) in [5.41, 5.74) is -0.509. The Kier molecular flexibility index (Phi) is 4.08. The second-order valence-corrected chi connectivity index (χ2v) is 4.54. The van der Waals surface area contributed by atoms with Gasteiger partial charge >= 0.3 is 0 Å². The van der Waals surface area contributed by atoms with Crippen LogP contribution in [0.3, 0.4) is 0 Å². The first-order valence-corrected chi connectivity index (χ1v) is 6.03. The van der Waals surface area contributed by atoms with E-state index >= 15 is 0 Å². The van der Waals surface area contributed by atoms with Gasteiger partial charge < -0.3 is 5.11 Å². The number of imide groups is 1. The number of nitrogens with zero attached hydrogens (tertiary/aromatic N) is 1. The molecule has 1 heterocycles. The Hall–Kier alpha value is -0.900. The van der Waals surface area contributed by atoms with Crippen LogP contribution in [0.1, 0.15) is 46.5 Å². The molecule has 92 valence electrons.